The highest BCUT2D eigenvalue weighted by molar-refractivity contribution is 6.36. The number of aromatic amines is 1. The van der Waals surface area contributed by atoms with Crippen LogP contribution in [0.25, 0.3) is 5.57 Å². The number of H-pyrrole nitrogens is 1. The number of carbonyl (C=O) groups excluding carboxylic acids is 2. The predicted octanol–water partition coefficient (Wildman–Crippen LogP) is 2.64. The summed E-state index contributed by atoms with van der Waals surface area (Å²) in [5.41, 5.74) is 2.11. The van der Waals surface area contributed by atoms with Gasteiger partial charge in [-0.1, -0.05) is 42.5 Å². The van der Waals surface area contributed by atoms with Crippen molar-refractivity contribution in [2.45, 2.75) is 0 Å². The normalized spacial score (nSPS) is 13.1. The summed E-state index contributed by atoms with van der Waals surface area (Å²) in [6, 6.07) is 21.3. The number of para-hydroxylation sites is 1. The molecule has 1 aliphatic rings. The topological polar surface area (TPSA) is 105 Å². The fraction of sp³-hybridized carbons (Fsp3) is 0. The third kappa shape index (κ3) is 3.68. The highest BCUT2D eigenvalue weighted by Gasteiger charge is 2.31. The second kappa shape index (κ2) is 7.66. The lowest BCUT2D eigenvalue weighted by Gasteiger charge is -2.07. The van der Waals surface area contributed by atoms with Gasteiger partial charge in [0.05, 0.1) is 17.2 Å². The van der Waals surface area contributed by atoms with Gasteiger partial charge in [-0.2, -0.15) is 10.2 Å². The summed E-state index contributed by atoms with van der Waals surface area (Å²) in [5, 5.41) is 14.4. The largest absolute Gasteiger partial charge is 0.404 e. The zero-order valence-corrected chi connectivity index (χ0v) is 15.1. The molecule has 0 saturated heterocycles. The van der Waals surface area contributed by atoms with Gasteiger partial charge in [0.1, 0.15) is 17.5 Å². The fourth-order valence-electron chi connectivity index (χ4n) is 2.92. The van der Waals surface area contributed by atoms with Crippen molar-refractivity contribution in [2.75, 3.05) is 5.32 Å². The van der Waals surface area contributed by atoms with Crippen molar-refractivity contribution in [3.63, 3.8) is 0 Å². The first-order valence-electron chi connectivity index (χ1n) is 8.77. The molecule has 3 N–H and O–H groups in total. The van der Waals surface area contributed by atoms with E-state index in [0.29, 0.717) is 34.0 Å². The van der Waals surface area contributed by atoms with E-state index in [9.17, 15) is 9.59 Å². The van der Waals surface area contributed by atoms with Crippen LogP contribution >= 0.6 is 0 Å². The lowest BCUT2D eigenvalue weighted by atomic mass is 10.0. The number of carbonyl (C=O) groups is 2. The summed E-state index contributed by atoms with van der Waals surface area (Å²) < 4.78 is 5.70. The van der Waals surface area contributed by atoms with Gasteiger partial charge in [-0.25, -0.2) is 0 Å². The number of anilines is 1. The molecule has 0 saturated carbocycles. The fourth-order valence-corrected chi connectivity index (χ4v) is 2.92. The van der Waals surface area contributed by atoms with E-state index >= 15 is 0 Å². The molecular formula is C22H15N4O3+. The maximum atomic E-state index is 12.2. The summed E-state index contributed by atoms with van der Waals surface area (Å²) >= 11 is 0. The van der Waals surface area contributed by atoms with Crippen molar-refractivity contribution in [3.8, 4) is 17.7 Å². The molecule has 0 atom stereocenters. The average Bonchev–Trinajstić information content (AvgIpc) is 3.03. The molecule has 140 valence electrons. The van der Waals surface area contributed by atoms with E-state index in [2.05, 4.69) is 21.7 Å². The molecule has 2 heterocycles. The SMILES string of the molecule is N#Cc1ccccc1Oc1ccc(NC2=C(c3ccccc3)C(=O)NC2=O)c[nH+]1. The molecule has 0 unspecified atom stereocenters. The quantitative estimate of drug-likeness (QED) is 0.659. The predicted molar refractivity (Wildman–Crippen MR) is 104 cm³/mol. The molecule has 0 spiro atoms. The highest BCUT2D eigenvalue weighted by Crippen LogP contribution is 2.26. The molecule has 1 aliphatic heterocycles. The number of rotatable bonds is 5. The van der Waals surface area contributed by atoms with Crippen LogP contribution in [0.2, 0.25) is 0 Å². The van der Waals surface area contributed by atoms with Gasteiger partial charge < -0.3 is 10.1 Å². The first-order valence-corrected chi connectivity index (χ1v) is 8.77. The zero-order chi connectivity index (χ0) is 20.2. The number of hydrogen-bond donors (Lipinski definition) is 2. The van der Waals surface area contributed by atoms with Gasteiger partial charge in [0, 0.05) is 0 Å². The van der Waals surface area contributed by atoms with Crippen LogP contribution in [0.5, 0.6) is 11.6 Å². The lowest BCUT2D eigenvalue weighted by Crippen LogP contribution is -2.24. The number of amides is 2. The minimum Gasteiger partial charge on any atom is -0.404 e. The van der Waals surface area contributed by atoms with Gasteiger partial charge in [0.2, 0.25) is 0 Å². The van der Waals surface area contributed by atoms with Crippen LogP contribution in [0.4, 0.5) is 5.69 Å². The summed E-state index contributed by atoms with van der Waals surface area (Å²) in [7, 11) is 0. The van der Waals surface area contributed by atoms with Gasteiger partial charge in [0.15, 0.2) is 11.9 Å². The Morgan fingerprint density at radius 3 is 2.41 bits per heavy atom. The Labute approximate surface area is 166 Å². The number of hydrogen-bond acceptors (Lipinski definition) is 5. The first kappa shape index (κ1) is 17.9. The van der Waals surface area contributed by atoms with E-state index < -0.39 is 11.8 Å². The standard InChI is InChI=1S/C22H14N4O3/c23-12-15-8-4-5-9-17(15)29-18-11-10-16(13-24-18)25-20-19(21(27)26-22(20)28)14-6-2-1-3-7-14/h1-11,13H,(H2,25,26,27,28)/p+1. The molecule has 2 aromatic carbocycles. The number of nitrogens with one attached hydrogen (secondary N) is 3. The molecule has 0 fully saturated rings. The first-order chi connectivity index (χ1) is 14.2. The van der Waals surface area contributed by atoms with E-state index in [1.807, 2.05) is 6.07 Å². The number of nitrogens with zero attached hydrogens (tertiary/aromatic N) is 1. The number of benzene rings is 2. The Balaban J connectivity index is 1.58. The smallest absolute Gasteiger partial charge is 0.371 e. The summed E-state index contributed by atoms with van der Waals surface area (Å²) in [5.74, 6) is -0.0814. The number of aromatic nitrogens is 1. The van der Waals surface area contributed by atoms with E-state index in [0.717, 1.165) is 0 Å². The molecular weight excluding hydrogens is 368 g/mol. The Morgan fingerprint density at radius 1 is 0.931 bits per heavy atom. The molecule has 0 radical (unpaired) electrons. The van der Waals surface area contributed by atoms with Gasteiger partial charge in [-0.3, -0.25) is 14.9 Å². The average molecular weight is 383 g/mol. The van der Waals surface area contributed by atoms with Crippen LogP contribution in [0.3, 0.4) is 0 Å². The van der Waals surface area contributed by atoms with Crippen molar-refractivity contribution in [3.05, 3.63) is 89.8 Å². The number of nitriles is 1. The van der Waals surface area contributed by atoms with Gasteiger partial charge in [-0.05, 0) is 23.8 Å². The van der Waals surface area contributed by atoms with Crippen molar-refractivity contribution in [1.29, 1.82) is 5.26 Å². The third-order valence-electron chi connectivity index (χ3n) is 4.27. The highest BCUT2D eigenvalue weighted by atomic mass is 16.5. The number of ether oxygens (including phenoxy) is 1. The summed E-state index contributed by atoms with van der Waals surface area (Å²) in [4.78, 5) is 27.4. The molecule has 1 aromatic heterocycles. The van der Waals surface area contributed by atoms with Gasteiger partial charge in [-0.15, -0.1) is 0 Å². The van der Waals surface area contributed by atoms with E-state index in [1.165, 1.54) is 0 Å². The molecule has 2 amide bonds. The van der Waals surface area contributed by atoms with Crippen LogP contribution in [-0.4, -0.2) is 11.8 Å². The zero-order valence-electron chi connectivity index (χ0n) is 15.1. The molecule has 4 rings (SSSR count). The molecule has 7 heteroatoms. The van der Waals surface area contributed by atoms with E-state index in [1.54, 1.807) is 66.9 Å². The monoisotopic (exact) mass is 383 g/mol. The van der Waals surface area contributed by atoms with Crippen LogP contribution in [0, 0.1) is 11.3 Å². The van der Waals surface area contributed by atoms with Crippen molar-refractivity contribution >= 4 is 23.1 Å². The van der Waals surface area contributed by atoms with E-state index in [4.69, 9.17) is 10.00 Å². The maximum absolute atomic E-state index is 12.2. The van der Waals surface area contributed by atoms with E-state index in [-0.39, 0.29) is 5.70 Å². The number of pyridine rings is 1. The Morgan fingerprint density at radius 2 is 1.69 bits per heavy atom. The van der Waals surface area contributed by atoms with Crippen LogP contribution in [0.1, 0.15) is 11.1 Å². The Bertz CT molecular complexity index is 1160. The summed E-state index contributed by atoms with van der Waals surface area (Å²) in [6.45, 7) is 0. The van der Waals surface area contributed by atoms with Gasteiger partial charge in [0.25, 0.3) is 11.8 Å². The lowest BCUT2D eigenvalue weighted by molar-refractivity contribution is -0.390. The minimum absolute atomic E-state index is 0.179. The third-order valence-corrected chi connectivity index (χ3v) is 4.27. The maximum Gasteiger partial charge on any atom is 0.371 e. The molecule has 0 aliphatic carbocycles. The molecule has 3 aromatic rings. The second-order valence-electron chi connectivity index (χ2n) is 6.18. The van der Waals surface area contributed by atoms with Crippen LogP contribution in [0.15, 0.2) is 78.6 Å². The molecule has 0 bridgehead atoms. The number of imide groups is 1. The molecule has 7 nitrogen and oxygen atoms in total. The van der Waals surface area contributed by atoms with Gasteiger partial charge >= 0.3 is 5.88 Å². The Kier molecular flexibility index (Phi) is 4.74. The van der Waals surface area contributed by atoms with Crippen LogP contribution < -0.4 is 20.4 Å². The van der Waals surface area contributed by atoms with Crippen LogP contribution in [-0.2, 0) is 9.59 Å². The second-order valence-corrected chi connectivity index (χ2v) is 6.18. The van der Waals surface area contributed by atoms with Crippen molar-refractivity contribution < 1.29 is 19.3 Å². The minimum atomic E-state index is -0.489. The Hall–Kier alpha value is -4.44. The van der Waals surface area contributed by atoms with Crippen molar-refractivity contribution in [1.82, 2.24) is 5.32 Å². The summed E-state index contributed by atoms with van der Waals surface area (Å²) in [6.07, 6.45) is 1.61. The van der Waals surface area contributed by atoms with Crippen molar-refractivity contribution in [2.24, 2.45) is 0 Å². The molecule has 29 heavy (non-hydrogen) atoms.